The molecule has 1 aromatic carbocycles. The summed E-state index contributed by atoms with van der Waals surface area (Å²) in [5, 5.41) is 2.80. The van der Waals surface area contributed by atoms with Gasteiger partial charge >= 0.3 is 0 Å². The third-order valence-corrected chi connectivity index (χ3v) is 3.97. The fourth-order valence-corrected chi connectivity index (χ4v) is 2.49. The number of hydrogen-bond donors (Lipinski definition) is 2. The van der Waals surface area contributed by atoms with Crippen LogP contribution in [-0.4, -0.2) is 22.4 Å². The Morgan fingerprint density at radius 1 is 1.47 bits per heavy atom. The van der Waals surface area contributed by atoms with Gasteiger partial charge in [0.2, 0.25) is 5.91 Å². The summed E-state index contributed by atoms with van der Waals surface area (Å²) in [7, 11) is -1.31. The molecular weight excluding hydrogens is 236 g/mol. The summed E-state index contributed by atoms with van der Waals surface area (Å²) in [6.07, 6.45) is 2.39. The molecule has 0 bridgehead atoms. The molecule has 0 spiro atoms. The van der Waals surface area contributed by atoms with E-state index in [4.69, 9.17) is 5.73 Å². The first-order valence-electron chi connectivity index (χ1n) is 5.66. The average molecular weight is 252 g/mol. The third kappa shape index (κ3) is 3.85. The van der Waals surface area contributed by atoms with Gasteiger partial charge in [-0.15, -0.1) is 0 Å². The van der Waals surface area contributed by atoms with Gasteiger partial charge in [-0.05, 0) is 37.0 Å². The number of hydrogen-bond acceptors (Lipinski definition) is 3. The summed E-state index contributed by atoms with van der Waals surface area (Å²) < 4.78 is 11.9. The highest BCUT2D eigenvalue weighted by Gasteiger charge is 2.22. The highest BCUT2D eigenvalue weighted by molar-refractivity contribution is 7.85. The van der Waals surface area contributed by atoms with E-state index < -0.39 is 10.8 Å². The maximum absolute atomic E-state index is 11.9. The molecule has 2 rings (SSSR count). The normalized spacial score (nSPS) is 16.5. The maximum atomic E-state index is 11.9. The molecule has 1 aromatic rings. The Hall–Kier alpha value is -1.36. The monoisotopic (exact) mass is 252 g/mol. The number of nitrogen functional groups attached to an aromatic ring is 1. The topological polar surface area (TPSA) is 72.2 Å². The molecule has 3 N–H and O–H groups in total. The van der Waals surface area contributed by atoms with Gasteiger partial charge < -0.3 is 11.1 Å². The molecule has 0 heterocycles. The number of carbonyl (C=O) groups excluding carboxylic acids is 1. The van der Waals surface area contributed by atoms with Crippen LogP contribution in [0.5, 0.6) is 0 Å². The van der Waals surface area contributed by atoms with Crippen molar-refractivity contribution in [2.24, 2.45) is 5.92 Å². The van der Waals surface area contributed by atoms with Gasteiger partial charge in [-0.2, -0.15) is 0 Å². The lowest BCUT2D eigenvalue weighted by molar-refractivity contribution is -0.118. The van der Waals surface area contributed by atoms with Crippen LogP contribution in [0.2, 0.25) is 0 Å². The van der Waals surface area contributed by atoms with Crippen molar-refractivity contribution in [3.05, 3.63) is 24.3 Å². The Kier molecular flexibility index (Phi) is 3.78. The average Bonchev–Trinajstić information content (AvgIpc) is 3.10. The zero-order chi connectivity index (χ0) is 12.3. The first-order chi connectivity index (χ1) is 8.15. The SMILES string of the molecule is Nc1cccc(S(=O)CC(=O)NCC2CC2)c1. The standard InChI is InChI=1S/C12H16N2O2S/c13-10-2-1-3-11(6-10)17(16)8-12(15)14-7-9-4-5-9/h1-3,6,9H,4-5,7-8,13H2,(H,14,15). The Bertz CT molecular complexity index is 444. The molecular formula is C12H16N2O2S. The molecule has 0 aromatic heterocycles. The fourth-order valence-electron chi connectivity index (χ4n) is 1.49. The number of anilines is 1. The second-order valence-corrected chi connectivity index (χ2v) is 5.76. The van der Waals surface area contributed by atoms with Crippen LogP contribution >= 0.6 is 0 Å². The summed E-state index contributed by atoms with van der Waals surface area (Å²) in [5.41, 5.74) is 6.16. The highest BCUT2D eigenvalue weighted by Crippen LogP contribution is 2.27. The minimum Gasteiger partial charge on any atom is -0.399 e. The van der Waals surface area contributed by atoms with E-state index in [1.54, 1.807) is 24.3 Å². The number of carbonyl (C=O) groups is 1. The molecule has 1 amide bonds. The van der Waals surface area contributed by atoms with Gasteiger partial charge in [0.05, 0.1) is 10.8 Å². The number of rotatable bonds is 5. The predicted octanol–water partition coefficient (Wildman–Crippen LogP) is 0.903. The van der Waals surface area contributed by atoms with Gasteiger partial charge in [0, 0.05) is 17.1 Å². The van der Waals surface area contributed by atoms with Crippen molar-refractivity contribution >= 4 is 22.4 Å². The molecule has 0 aliphatic heterocycles. The van der Waals surface area contributed by atoms with Crippen molar-refractivity contribution in [1.82, 2.24) is 5.32 Å². The highest BCUT2D eigenvalue weighted by atomic mass is 32.2. The fraction of sp³-hybridized carbons (Fsp3) is 0.417. The van der Waals surface area contributed by atoms with Crippen LogP contribution in [0.15, 0.2) is 29.2 Å². The smallest absolute Gasteiger partial charge is 0.233 e. The van der Waals surface area contributed by atoms with E-state index in [1.165, 1.54) is 12.8 Å². The first-order valence-corrected chi connectivity index (χ1v) is 6.97. The first kappa shape index (κ1) is 12.1. The van der Waals surface area contributed by atoms with E-state index in [9.17, 15) is 9.00 Å². The molecule has 0 saturated heterocycles. The van der Waals surface area contributed by atoms with Gasteiger partial charge in [-0.1, -0.05) is 6.07 Å². The molecule has 92 valence electrons. The summed E-state index contributed by atoms with van der Waals surface area (Å²) >= 11 is 0. The number of nitrogens with two attached hydrogens (primary N) is 1. The van der Waals surface area contributed by atoms with Gasteiger partial charge in [-0.3, -0.25) is 9.00 Å². The number of benzene rings is 1. The molecule has 1 saturated carbocycles. The Morgan fingerprint density at radius 3 is 2.88 bits per heavy atom. The molecule has 0 radical (unpaired) electrons. The van der Waals surface area contributed by atoms with Crippen LogP contribution in [0.4, 0.5) is 5.69 Å². The van der Waals surface area contributed by atoms with E-state index >= 15 is 0 Å². The number of amides is 1. The van der Waals surface area contributed by atoms with Crippen molar-refractivity contribution in [1.29, 1.82) is 0 Å². The molecule has 1 aliphatic carbocycles. The van der Waals surface area contributed by atoms with Gasteiger partial charge in [0.15, 0.2) is 0 Å². The lowest BCUT2D eigenvalue weighted by Gasteiger charge is -2.05. The van der Waals surface area contributed by atoms with Crippen molar-refractivity contribution in [2.45, 2.75) is 17.7 Å². The molecule has 1 unspecified atom stereocenters. The van der Waals surface area contributed by atoms with Crippen LogP contribution in [0.25, 0.3) is 0 Å². The van der Waals surface area contributed by atoms with Crippen molar-refractivity contribution in [2.75, 3.05) is 18.0 Å². The lowest BCUT2D eigenvalue weighted by atomic mass is 10.3. The summed E-state index contributed by atoms with van der Waals surface area (Å²) in [5.74, 6) is 0.494. The summed E-state index contributed by atoms with van der Waals surface area (Å²) in [4.78, 5) is 12.1. The molecule has 1 aliphatic rings. The van der Waals surface area contributed by atoms with E-state index in [-0.39, 0.29) is 11.7 Å². The quantitative estimate of drug-likeness (QED) is 0.765. The Labute approximate surface area is 103 Å². The van der Waals surface area contributed by atoms with Gasteiger partial charge in [-0.25, -0.2) is 0 Å². The largest absolute Gasteiger partial charge is 0.399 e. The van der Waals surface area contributed by atoms with E-state index in [1.807, 2.05) is 0 Å². The van der Waals surface area contributed by atoms with Crippen molar-refractivity contribution in [3.63, 3.8) is 0 Å². The molecule has 1 fully saturated rings. The van der Waals surface area contributed by atoms with Crippen LogP contribution in [0, 0.1) is 5.92 Å². The van der Waals surface area contributed by atoms with E-state index in [2.05, 4.69) is 5.32 Å². The van der Waals surface area contributed by atoms with E-state index in [0.29, 0.717) is 23.0 Å². The zero-order valence-electron chi connectivity index (χ0n) is 9.52. The van der Waals surface area contributed by atoms with Gasteiger partial charge in [0.1, 0.15) is 5.75 Å². The molecule has 1 atom stereocenters. The molecule has 4 nitrogen and oxygen atoms in total. The zero-order valence-corrected chi connectivity index (χ0v) is 10.3. The van der Waals surface area contributed by atoms with Gasteiger partial charge in [0.25, 0.3) is 0 Å². The Balaban J connectivity index is 1.84. The minimum atomic E-state index is -1.31. The van der Waals surface area contributed by atoms with E-state index in [0.717, 1.165) is 0 Å². The molecule has 5 heteroatoms. The van der Waals surface area contributed by atoms with Crippen LogP contribution in [0.3, 0.4) is 0 Å². The third-order valence-electron chi connectivity index (χ3n) is 2.67. The number of nitrogens with one attached hydrogen (secondary N) is 1. The second-order valence-electron chi connectivity index (χ2n) is 4.31. The second kappa shape index (κ2) is 5.31. The van der Waals surface area contributed by atoms with Crippen LogP contribution < -0.4 is 11.1 Å². The van der Waals surface area contributed by atoms with Crippen LogP contribution in [-0.2, 0) is 15.6 Å². The van der Waals surface area contributed by atoms with Crippen molar-refractivity contribution in [3.8, 4) is 0 Å². The lowest BCUT2D eigenvalue weighted by Crippen LogP contribution is -2.30. The summed E-state index contributed by atoms with van der Waals surface area (Å²) in [6, 6.07) is 6.84. The Morgan fingerprint density at radius 2 is 2.24 bits per heavy atom. The molecule has 17 heavy (non-hydrogen) atoms. The predicted molar refractivity (Wildman–Crippen MR) is 67.9 cm³/mol. The summed E-state index contributed by atoms with van der Waals surface area (Å²) in [6.45, 7) is 0.715. The maximum Gasteiger partial charge on any atom is 0.233 e. The van der Waals surface area contributed by atoms with Crippen LogP contribution in [0.1, 0.15) is 12.8 Å². The van der Waals surface area contributed by atoms with Crippen molar-refractivity contribution < 1.29 is 9.00 Å². The minimum absolute atomic E-state index is 0.0101.